The number of amides is 1. The predicted molar refractivity (Wildman–Crippen MR) is 133 cm³/mol. The largest absolute Gasteiger partial charge is 0.494 e. The normalized spacial score (nSPS) is 11.1. The number of hydrogen-bond donors (Lipinski definition) is 3. The first-order valence-electron chi connectivity index (χ1n) is 11.3. The molecule has 11 nitrogen and oxygen atoms in total. The fourth-order valence-electron chi connectivity index (χ4n) is 3.68. The van der Waals surface area contributed by atoms with Crippen molar-refractivity contribution < 1.29 is 13.9 Å². The van der Waals surface area contributed by atoms with E-state index >= 15 is 0 Å². The van der Waals surface area contributed by atoms with Crippen molar-refractivity contribution in [2.45, 2.75) is 12.8 Å². The number of ether oxygens (including phenoxy) is 1. The molecule has 3 heterocycles. The number of fused-ring (bicyclic) bond motifs is 1. The number of aromatic amines is 1. The molecule has 12 heteroatoms. The smallest absolute Gasteiger partial charge is 0.291 e. The van der Waals surface area contributed by atoms with Crippen LogP contribution >= 0.6 is 0 Å². The Bertz CT molecular complexity index is 1430. The average molecular weight is 495 g/mol. The number of hydrogen-bond acceptors (Lipinski definition) is 8. The number of benzene rings is 1. The molecule has 36 heavy (non-hydrogen) atoms. The Morgan fingerprint density at radius 3 is 2.83 bits per heavy atom. The summed E-state index contributed by atoms with van der Waals surface area (Å²) < 4.78 is 21.1. The highest BCUT2D eigenvalue weighted by Gasteiger charge is 2.19. The Labute approximate surface area is 206 Å². The maximum absolute atomic E-state index is 14.2. The third kappa shape index (κ3) is 5.66. The van der Waals surface area contributed by atoms with Gasteiger partial charge in [-0.2, -0.15) is 5.10 Å². The van der Waals surface area contributed by atoms with Gasteiger partial charge in [0.05, 0.1) is 24.7 Å². The van der Waals surface area contributed by atoms with E-state index < -0.39 is 11.4 Å². The van der Waals surface area contributed by atoms with Crippen LogP contribution in [-0.2, 0) is 11.2 Å². The van der Waals surface area contributed by atoms with Crippen molar-refractivity contribution in [2.75, 3.05) is 39.6 Å². The van der Waals surface area contributed by atoms with Crippen LogP contribution in [-0.4, -0.2) is 69.8 Å². The van der Waals surface area contributed by atoms with Crippen LogP contribution in [0.1, 0.15) is 12.1 Å². The third-order valence-corrected chi connectivity index (χ3v) is 5.40. The second-order valence-corrected chi connectivity index (χ2v) is 8.34. The Morgan fingerprint density at radius 1 is 1.25 bits per heavy atom. The SMILES string of the molecule is COc1ccc(F)cc1-n1nc(CC(=O)NCCCN(C)C)c2cnc(Nc3ncc[nH]c3=O)cc21. The molecule has 0 atom stereocenters. The highest BCUT2D eigenvalue weighted by atomic mass is 19.1. The first-order chi connectivity index (χ1) is 17.4. The summed E-state index contributed by atoms with van der Waals surface area (Å²) in [6.45, 7) is 1.40. The van der Waals surface area contributed by atoms with Gasteiger partial charge in [-0.3, -0.25) is 9.59 Å². The van der Waals surface area contributed by atoms with Crippen LogP contribution < -0.4 is 20.9 Å². The molecule has 1 amide bonds. The maximum atomic E-state index is 14.2. The van der Waals surface area contributed by atoms with Crippen LogP contribution in [0.3, 0.4) is 0 Å². The fourth-order valence-corrected chi connectivity index (χ4v) is 3.68. The van der Waals surface area contributed by atoms with Crippen molar-refractivity contribution in [1.82, 2.24) is 34.9 Å². The highest BCUT2D eigenvalue weighted by molar-refractivity contribution is 5.89. The number of pyridine rings is 1. The van der Waals surface area contributed by atoms with Crippen molar-refractivity contribution in [3.63, 3.8) is 0 Å². The molecular weight excluding hydrogens is 467 g/mol. The molecule has 0 saturated heterocycles. The van der Waals surface area contributed by atoms with Gasteiger partial charge in [0, 0.05) is 42.7 Å². The topological polar surface area (TPSA) is 130 Å². The van der Waals surface area contributed by atoms with Crippen molar-refractivity contribution in [2.24, 2.45) is 0 Å². The number of nitrogens with zero attached hydrogens (tertiary/aromatic N) is 5. The van der Waals surface area contributed by atoms with Crippen LogP contribution in [0.2, 0.25) is 0 Å². The quantitative estimate of drug-likeness (QED) is 0.286. The van der Waals surface area contributed by atoms with Crippen LogP contribution in [0, 0.1) is 5.82 Å². The van der Waals surface area contributed by atoms with Crippen molar-refractivity contribution >= 4 is 28.4 Å². The highest BCUT2D eigenvalue weighted by Crippen LogP contribution is 2.30. The average Bonchev–Trinajstić information content (AvgIpc) is 3.20. The predicted octanol–water partition coefficient (Wildman–Crippen LogP) is 2.01. The third-order valence-electron chi connectivity index (χ3n) is 5.40. The summed E-state index contributed by atoms with van der Waals surface area (Å²) in [6, 6.07) is 5.74. The van der Waals surface area contributed by atoms with Gasteiger partial charge in [0.15, 0.2) is 5.82 Å². The molecule has 3 aromatic heterocycles. The van der Waals surface area contributed by atoms with Gasteiger partial charge in [0.25, 0.3) is 5.56 Å². The Morgan fingerprint density at radius 2 is 2.08 bits per heavy atom. The molecule has 0 bridgehead atoms. The summed E-state index contributed by atoms with van der Waals surface area (Å²) in [5, 5.41) is 11.0. The van der Waals surface area contributed by atoms with Crippen molar-refractivity contribution in [1.29, 1.82) is 0 Å². The van der Waals surface area contributed by atoms with Crippen molar-refractivity contribution in [3.8, 4) is 11.4 Å². The zero-order chi connectivity index (χ0) is 25.7. The molecule has 4 rings (SSSR count). The lowest BCUT2D eigenvalue weighted by atomic mass is 10.2. The standard InChI is InChI=1S/C24H27FN8O3/c1-32(2)10-4-7-26-22(34)12-17-16-14-29-21(30-23-24(35)28-9-8-27-23)13-18(16)33(31-17)19-11-15(25)5-6-20(19)36-3/h5-6,8-9,11,13-14H,4,7,10,12H2,1-3H3,(H,26,34)(H,28,35)(H,27,29,30). The minimum absolute atomic E-state index is 0.0114. The second kappa shape index (κ2) is 11.0. The number of methoxy groups -OCH3 is 1. The lowest BCUT2D eigenvalue weighted by molar-refractivity contribution is -0.120. The first-order valence-corrected chi connectivity index (χ1v) is 11.3. The fraction of sp³-hybridized carbons (Fsp3) is 0.292. The molecule has 1 aromatic carbocycles. The van der Waals surface area contributed by atoms with Crippen LogP contribution in [0.5, 0.6) is 5.75 Å². The lowest BCUT2D eigenvalue weighted by Gasteiger charge is -2.10. The summed E-state index contributed by atoms with van der Waals surface area (Å²) in [5.74, 6) is 0.128. The monoisotopic (exact) mass is 494 g/mol. The Kier molecular flexibility index (Phi) is 7.54. The maximum Gasteiger partial charge on any atom is 0.291 e. The van der Waals surface area contributed by atoms with E-state index in [0.29, 0.717) is 40.4 Å². The van der Waals surface area contributed by atoms with E-state index in [1.807, 2.05) is 19.0 Å². The number of halogens is 1. The number of H-pyrrole nitrogens is 1. The molecule has 0 aliphatic rings. The molecule has 188 valence electrons. The molecule has 0 aliphatic heterocycles. The van der Waals surface area contributed by atoms with Gasteiger partial charge < -0.3 is 25.3 Å². The van der Waals surface area contributed by atoms with E-state index in [4.69, 9.17) is 4.74 Å². The summed E-state index contributed by atoms with van der Waals surface area (Å²) in [6.07, 6.45) is 5.25. The molecule has 0 aliphatic carbocycles. The van der Waals surface area contributed by atoms with Gasteiger partial charge in [0.2, 0.25) is 5.91 Å². The Hall–Kier alpha value is -4.32. The van der Waals surface area contributed by atoms with Crippen LogP contribution in [0.25, 0.3) is 16.6 Å². The first kappa shape index (κ1) is 24.8. The number of nitrogens with one attached hydrogen (secondary N) is 3. The van der Waals surface area contributed by atoms with E-state index in [1.54, 1.807) is 12.3 Å². The summed E-state index contributed by atoms with van der Waals surface area (Å²) >= 11 is 0. The minimum atomic E-state index is -0.470. The van der Waals surface area contributed by atoms with Gasteiger partial charge in [-0.05, 0) is 39.2 Å². The van der Waals surface area contributed by atoms with E-state index in [0.717, 1.165) is 13.0 Å². The van der Waals surface area contributed by atoms with E-state index in [2.05, 4.69) is 30.7 Å². The lowest BCUT2D eigenvalue weighted by Crippen LogP contribution is -2.28. The minimum Gasteiger partial charge on any atom is -0.494 e. The summed E-state index contributed by atoms with van der Waals surface area (Å²) in [4.78, 5) is 37.6. The molecular formula is C24H27FN8O3. The molecule has 3 N–H and O–H groups in total. The number of carbonyl (C=O) groups is 1. The van der Waals surface area contributed by atoms with E-state index in [-0.39, 0.29) is 18.1 Å². The van der Waals surface area contributed by atoms with E-state index in [9.17, 15) is 14.0 Å². The number of anilines is 2. The van der Waals surface area contributed by atoms with Gasteiger partial charge in [-0.1, -0.05) is 0 Å². The molecule has 0 fully saturated rings. The molecule has 0 spiro atoms. The van der Waals surface area contributed by atoms with Crippen molar-refractivity contribution in [3.05, 3.63) is 64.7 Å². The Balaban J connectivity index is 1.72. The zero-order valence-electron chi connectivity index (χ0n) is 20.2. The number of rotatable bonds is 10. The molecule has 4 aromatic rings. The summed E-state index contributed by atoms with van der Waals surface area (Å²) in [7, 11) is 5.43. The zero-order valence-corrected chi connectivity index (χ0v) is 20.2. The van der Waals surface area contributed by atoms with Gasteiger partial charge >= 0.3 is 0 Å². The number of carbonyl (C=O) groups excluding carboxylic acids is 1. The summed E-state index contributed by atoms with van der Waals surface area (Å²) in [5.41, 5.74) is 0.953. The molecule has 0 radical (unpaired) electrons. The number of aromatic nitrogens is 5. The van der Waals surface area contributed by atoms with Gasteiger partial charge in [-0.25, -0.2) is 19.0 Å². The van der Waals surface area contributed by atoms with Gasteiger partial charge in [-0.15, -0.1) is 0 Å². The van der Waals surface area contributed by atoms with E-state index in [1.165, 1.54) is 42.4 Å². The second-order valence-electron chi connectivity index (χ2n) is 8.34. The van der Waals surface area contributed by atoms with Gasteiger partial charge in [0.1, 0.15) is 23.1 Å². The van der Waals surface area contributed by atoms with Crippen LogP contribution in [0.15, 0.2) is 47.7 Å². The van der Waals surface area contributed by atoms with Crippen LogP contribution in [0.4, 0.5) is 16.0 Å². The molecule has 0 saturated carbocycles. The molecule has 0 unspecified atom stereocenters.